The highest BCUT2D eigenvalue weighted by Gasteiger charge is 2.41. The Balaban J connectivity index is 1.86. The van der Waals surface area contributed by atoms with Crippen LogP contribution in [0.4, 0.5) is 0 Å². The summed E-state index contributed by atoms with van der Waals surface area (Å²) >= 11 is 0. The van der Waals surface area contributed by atoms with Gasteiger partial charge in [0.05, 0.1) is 0 Å². The molecule has 0 saturated heterocycles. The molecule has 1 nitrogen and oxygen atoms in total. The molecule has 0 aliphatic heterocycles. The van der Waals surface area contributed by atoms with Crippen LogP contribution in [-0.4, -0.2) is 11.6 Å². The fourth-order valence-electron chi connectivity index (χ4n) is 3.59. The predicted molar refractivity (Wildman–Crippen MR) is 65.8 cm³/mol. The third-order valence-electron chi connectivity index (χ3n) is 4.02. The summed E-state index contributed by atoms with van der Waals surface area (Å²) in [4.78, 5) is 0. The predicted octanol–water partition coefficient (Wildman–Crippen LogP) is 3.37. The molecule has 86 valence electrons. The van der Waals surface area contributed by atoms with Crippen molar-refractivity contribution in [2.45, 2.75) is 58.0 Å². The van der Waals surface area contributed by atoms with Crippen molar-refractivity contribution < 1.29 is 0 Å². The Morgan fingerprint density at radius 2 is 1.60 bits per heavy atom. The van der Waals surface area contributed by atoms with Crippen molar-refractivity contribution in [2.75, 3.05) is 0 Å². The lowest BCUT2D eigenvalue weighted by molar-refractivity contribution is 0.344. The Morgan fingerprint density at radius 1 is 1.07 bits per heavy atom. The molecule has 0 aromatic carbocycles. The van der Waals surface area contributed by atoms with Crippen molar-refractivity contribution in [1.29, 1.82) is 0 Å². The van der Waals surface area contributed by atoms with E-state index in [-0.39, 0.29) is 5.54 Å². The summed E-state index contributed by atoms with van der Waals surface area (Å²) in [6, 6.07) is 0.769. The Hall–Kier alpha value is -0.300. The normalized spacial score (nSPS) is 40.5. The van der Waals surface area contributed by atoms with Gasteiger partial charge in [0.2, 0.25) is 0 Å². The van der Waals surface area contributed by atoms with Crippen LogP contribution in [0.25, 0.3) is 0 Å². The molecule has 2 aliphatic carbocycles. The second-order valence-corrected chi connectivity index (χ2v) is 6.55. The highest BCUT2D eigenvalue weighted by atomic mass is 15.0. The van der Waals surface area contributed by atoms with E-state index in [1.54, 1.807) is 0 Å². The van der Waals surface area contributed by atoms with Gasteiger partial charge in [-0.05, 0) is 64.2 Å². The number of fused-ring (bicyclic) bond motifs is 1. The van der Waals surface area contributed by atoms with E-state index in [4.69, 9.17) is 0 Å². The number of hydrogen-bond acceptors (Lipinski definition) is 1. The molecule has 1 heteroatoms. The van der Waals surface area contributed by atoms with E-state index in [1.165, 1.54) is 25.7 Å². The molecule has 2 atom stereocenters. The smallest absolute Gasteiger partial charge is 0.00991 e. The summed E-state index contributed by atoms with van der Waals surface area (Å²) in [7, 11) is 0. The minimum atomic E-state index is 0.279. The van der Waals surface area contributed by atoms with Gasteiger partial charge in [0.15, 0.2) is 0 Å². The Morgan fingerprint density at radius 3 is 2.00 bits per heavy atom. The quantitative estimate of drug-likeness (QED) is 0.685. The molecule has 2 saturated carbocycles. The molecule has 0 aromatic heterocycles. The molecule has 2 fully saturated rings. The van der Waals surface area contributed by atoms with Gasteiger partial charge in [0, 0.05) is 11.6 Å². The van der Waals surface area contributed by atoms with E-state index >= 15 is 0 Å². The minimum absolute atomic E-state index is 0.279. The lowest BCUT2D eigenvalue weighted by atomic mass is 10.0. The van der Waals surface area contributed by atoms with Gasteiger partial charge >= 0.3 is 0 Å². The third-order valence-corrected chi connectivity index (χ3v) is 4.02. The maximum Gasteiger partial charge on any atom is 0.00991 e. The van der Waals surface area contributed by atoms with Crippen molar-refractivity contribution in [3.8, 4) is 0 Å². The molecule has 0 aromatic rings. The maximum absolute atomic E-state index is 3.93. The number of nitrogens with one attached hydrogen (secondary N) is 1. The van der Waals surface area contributed by atoms with Crippen molar-refractivity contribution in [2.24, 2.45) is 17.8 Å². The van der Waals surface area contributed by atoms with E-state index in [1.807, 2.05) is 0 Å². The van der Waals surface area contributed by atoms with Gasteiger partial charge in [-0.2, -0.15) is 0 Å². The van der Waals surface area contributed by atoms with Crippen LogP contribution in [0.3, 0.4) is 0 Å². The monoisotopic (exact) mass is 207 g/mol. The number of hydrogen-bond donors (Lipinski definition) is 1. The SMILES string of the molecule is C=CC1CC2CC(NC(C)(C)C)CC2C1. The first-order valence-electron chi connectivity index (χ1n) is 6.38. The Bertz CT molecular complexity index is 224. The molecule has 2 aliphatic rings. The molecule has 2 rings (SSSR count). The van der Waals surface area contributed by atoms with Crippen LogP contribution in [0.1, 0.15) is 46.5 Å². The first-order chi connectivity index (χ1) is 6.98. The second kappa shape index (κ2) is 3.93. The molecule has 1 N–H and O–H groups in total. The average molecular weight is 207 g/mol. The fourth-order valence-corrected chi connectivity index (χ4v) is 3.59. The maximum atomic E-state index is 3.93. The molecule has 0 heterocycles. The minimum Gasteiger partial charge on any atom is -0.309 e. The Labute approximate surface area is 94.3 Å². The van der Waals surface area contributed by atoms with Gasteiger partial charge in [-0.25, -0.2) is 0 Å². The van der Waals surface area contributed by atoms with E-state index in [0.29, 0.717) is 0 Å². The van der Waals surface area contributed by atoms with Crippen LogP contribution in [0.5, 0.6) is 0 Å². The van der Waals surface area contributed by atoms with Crippen molar-refractivity contribution in [1.82, 2.24) is 5.32 Å². The lowest BCUT2D eigenvalue weighted by Gasteiger charge is -2.26. The number of rotatable bonds is 2. The largest absolute Gasteiger partial charge is 0.309 e. The zero-order valence-electron chi connectivity index (χ0n) is 10.4. The van der Waals surface area contributed by atoms with Crippen LogP contribution in [0.2, 0.25) is 0 Å². The first-order valence-corrected chi connectivity index (χ1v) is 6.38. The van der Waals surface area contributed by atoms with Gasteiger partial charge in [-0.3, -0.25) is 0 Å². The average Bonchev–Trinajstić information content (AvgIpc) is 2.57. The molecule has 0 amide bonds. The highest BCUT2D eigenvalue weighted by molar-refractivity contribution is 4.99. The fraction of sp³-hybridized carbons (Fsp3) is 0.857. The Kier molecular flexibility index (Phi) is 2.94. The van der Waals surface area contributed by atoms with Crippen LogP contribution in [-0.2, 0) is 0 Å². The number of allylic oxidation sites excluding steroid dienone is 1. The summed E-state index contributed by atoms with van der Waals surface area (Å²) in [5.41, 5.74) is 0.279. The van der Waals surface area contributed by atoms with E-state index < -0.39 is 0 Å². The lowest BCUT2D eigenvalue weighted by Crippen LogP contribution is -2.42. The summed E-state index contributed by atoms with van der Waals surface area (Å²) in [6.45, 7) is 10.7. The van der Waals surface area contributed by atoms with Crippen molar-refractivity contribution in [3.05, 3.63) is 12.7 Å². The standard InChI is InChI=1S/C14H25N/c1-5-10-6-11-8-13(9-12(11)7-10)15-14(2,3)4/h5,10-13,15H,1,6-9H2,2-4H3. The summed E-state index contributed by atoms with van der Waals surface area (Å²) in [5, 5.41) is 3.75. The molecule has 2 unspecified atom stereocenters. The van der Waals surface area contributed by atoms with Gasteiger partial charge < -0.3 is 5.32 Å². The van der Waals surface area contributed by atoms with Crippen LogP contribution in [0.15, 0.2) is 12.7 Å². The highest BCUT2D eigenvalue weighted by Crippen LogP contribution is 2.47. The van der Waals surface area contributed by atoms with Crippen LogP contribution < -0.4 is 5.32 Å². The van der Waals surface area contributed by atoms with Crippen molar-refractivity contribution >= 4 is 0 Å². The van der Waals surface area contributed by atoms with Gasteiger partial charge in [-0.15, -0.1) is 6.58 Å². The zero-order valence-corrected chi connectivity index (χ0v) is 10.4. The molecule has 15 heavy (non-hydrogen) atoms. The summed E-state index contributed by atoms with van der Waals surface area (Å²) in [5.74, 6) is 2.77. The summed E-state index contributed by atoms with van der Waals surface area (Å²) in [6.07, 6.45) is 7.76. The van der Waals surface area contributed by atoms with Gasteiger partial charge in [-0.1, -0.05) is 6.08 Å². The molecule has 0 bridgehead atoms. The van der Waals surface area contributed by atoms with Crippen LogP contribution in [0, 0.1) is 17.8 Å². The molecular formula is C14H25N. The topological polar surface area (TPSA) is 12.0 Å². The van der Waals surface area contributed by atoms with E-state index in [9.17, 15) is 0 Å². The van der Waals surface area contributed by atoms with Crippen molar-refractivity contribution in [3.63, 3.8) is 0 Å². The summed E-state index contributed by atoms with van der Waals surface area (Å²) < 4.78 is 0. The van der Waals surface area contributed by atoms with Gasteiger partial charge in [0.25, 0.3) is 0 Å². The van der Waals surface area contributed by atoms with Crippen LogP contribution >= 0.6 is 0 Å². The van der Waals surface area contributed by atoms with E-state index in [2.05, 4.69) is 38.7 Å². The van der Waals surface area contributed by atoms with E-state index in [0.717, 1.165) is 23.8 Å². The molecular weight excluding hydrogens is 182 g/mol. The first kappa shape index (κ1) is 11.2. The zero-order chi connectivity index (χ0) is 11.1. The third kappa shape index (κ3) is 2.63. The molecule has 0 spiro atoms. The molecule has 0 radical (unpaired) electrons. The van der Waals surface area contributed by atoms with Gasteiger partial charge in [0.1, 0.15) is 0 Å². The second-order valence-electron chi connectivity index (χ2n) is 6.55.